The molecule has 3 aromatic rings. The number of fused-ring (bicyclic) bond motifs is 1. The number of nitrogens with one attached hydrogen (secondary N) is 1. The Bertz CT molecular complexity index is 895. The summed E-state index contributed by atoms with van der Waals surface area (Å²) in [6.07, 6.45) is 2.36. The number of hydrogen-bond acceptors (Lipinski definition) is 6. The fourth-order valence-corrected chi connectivity index (χ4v) is 3.41. The first-order valence-electron chi connectivity index (χ1n) is 7.85. The summed E-state index contributed by atoms with van der Waals surface area (Å²) in [5.41, 5.74) is 2.50. The zero-order valence-corrected chi connectivity index (χ0v) is 16.0. The van der Waals surface area contributed by atoms with Crippen molar-refractivity contribution in [2.24, 2.45) is 0 Å². The summed E-state index contributed by atoms with van der Waals surface area (Å²) in [6, 6.07) is 7.26. The molecule has 1 N–H and O–H groups in total. The van der Waals surface area contributed by atoms with Crippen LogP contribution in [0.2, 0.25) is 0 Å². The molecule has 0 bridgehead atoms. The zero-order valence-electron chi connectivity index (χ0n) is 14.3. The van der Waals surface area contributed by atoms with Gasteiger partial charge in [-0.3, -0.25) is 0 Å². The highest BCUT2D eigenvalue weighted by atomic mass is 35.5. The standard InChI is InChI=1S/C18H19N3O2S.ClH/c1-4-8-23-18(22)13-6-5-7-14(9-13)21-16-15-11(2)12(3)24-17(15)20-10-19-16;/h5-7,9-10H,4,8H2,1-3H3,(H,19,20,21);1H. The minimum absolute atomic E-state index is 0. The van der Waals surface area contributed by atoms with Gasteiger partial charge in [-0.25, -0.2) is 14.8 Å². The third-order valence-corrected chi connectivity index (χ3v) is 4.88. The number of esters is 1. The number of aryl methyl sites for hydroxylation is 2. The van der Waals surface area contributed by atoms with Gasteiger partial charge in [0.2, 0.25) is 0 Å². The van der Waals surface area contributed by atoms with E-state index in [2.05, 4.69) is 29.1 Å². The van der Waals surface area contributed by atoms with Gasteiger partial charge in [-0.15, -0.1) is 23.7 Å². The summed E-state index contributed by atoms with van der Waals surface area (Å²) in [5.74, 6) is 0.441. The molecule has 5 nitrogen and oxygen atoms in total. The van der Waals surface area contributed by atoms with E-state index in [0.717, 1.165) is 28.1 Å². The number of anilines is 2. The number of aromatic nitrogens is 2. The van der Waals surface area contributed by atoms with Crippen molar-refractivity contribution in [1.82, 2.24) is 9.97 Å². The Morgan fingerprint density at radius 1 is 1.28 bits per heavy atom. The molecule has 25 heavy (non-hydrogen) atoms. The van der Waals surface area contributed by atoms with Gasteiger partial charge >= 0.3 is 5.97 Å². The molecule has 0 saturated heterocycles. The lowest BCUT2D eigenvalue weighted by Crippen LogP contribution is -2.06. The van der Waals surface area contributed by atoms with Crippen LogP contribution in [-0.4, -0.2) is 22.5 Å². The lowest BCUT2D eigenvalue weighted by Gasteiger charge is -2.09. The van der Waals surface area contributed by atoms with Gasteiger partial charge in [0.05, 0.1) is 17.6 Å². The molecular weight excluding hydrogens is 358 g/mol. The van der Waals surface area contributed by atoms with Crippen LogP contribution in [0.5, 0.6) is 0 Å². The van der Waals surface area contributed by atoms with E-state index in [9.17, 15) is 4.79 Å². The highest BCUT2D eigenvalue weighted by molar-refractivity contribution is 7.18. The van der Waals surface area contributed by atoms with E-state index in [1.165, 1.54) is 10.4 Å². The maximum Gasteiger partial charge on any atom is 0.338 e. The van der Waals surface area contributed by atoms with Gasteiger partial charge < -0.3 is 10.1 Å². The molecule has 0 atom stereocenters. The fraction of sp³-hybridized carbons (Fsp3) is 0.278. The van der Waals surface area contributed by atoms with Crippen molar-refractivity contribution in [1.29, 1.82) is 0 Å². The van der Waals surface area contributed by atoms with Crippen molar-refractivity contribution in [3.05, 3.63) is 46.6 Å². The van der Waals surface area contributed by atoms with Crippen LogP contribution >= 0.6 is 23.7 Å². The number of thiophene rings is 1. The number of ether oxygens (including phenoxy) is 1. The number of rotatable bonds is 5. The second-order valence-corrected chi connectivity index (χ2v) is 6.73. The van der Waals surface area contributed by atoms with Crippen molar-refractivity contribution >= 4 is 51.4 Å². The predicted molar refractivity (Wildman–Crippen MR) is 104 cm³/mol. The SMILES string of the molecule is CCCOC(=O)c1cccc(Nc2ncnc3sc(C)c(C)c23)c1.Cl. The van der Waals surface area contributed by atoms with Crippen LogP contribution < -0.4 is 5.32 Å². The molecule has 0 unspecified atom stereocenters. The number of halogens is 1. The topological polar surface area (TPSA) is 64.1 Å². The minimum atomic E-state index is -0.309. The van der Waals surface area contributed by atoms with Crippen LogP contribution in [0.15, 0.2) is 30.6 Å². The van der Waals surface area contributed by atoms with E-state index in [-0.39, 0.29) is 18.4 Å². The van der Waals surface area contributed by atoms with Crippen LogP contribution in [0.3, 0.4) is 0 Å². The number of carbonyl (C=O) groups excluding carboxylic acids is 1. The first kappa shape index (κ1) is 19.1. The molecule has 0 aliphatic heterocycles. The molecule has 3 rings (SSSR count). The summed E-state index contributed by atoms with van der Waals surface area (Å²) in [7, 11) is 0. The monoisotopic (exact) mass is 377 g/mol. The summed E-state index contributed by atoms with van der Waals surface area (Å²) in [5, 5.41) is 4.33. The average Bonchev–Trinajstić information content (AvgIpc) is 2.88. The third-order valence-electron chi connectivity index (χ3n) is 3.76. The number of carbonyl (C=O) groups is 1. The van der Waals surface area contributed by atoms with Crippen LogP contribution in [-0.2, 0) is 4.74 Å². The largest absolute Gasteiger partial charge is 0.462 e. The summed E-state index contributed by atoms with van der Waals surface area (Å²) >= 11 is 1.66. The van der Waals surface area contributed by atoms with Gasteiger partial charge in [-0.2, -0.15) is 0 Å². The molecule has 0 amide bonds. The third kappa shape index (κ3) is 4.08. The molecule has 0 fully saturated rings. The molecule has 0 radical (unpaired) electrons. The summed E-state index contributed by atoms with van der Waals surface area (Å²) < 4.78 is 5.18. The van der Waals surface area contributed by atoms with E-state index in [0.29, 0.717) is 12.2 Å². The second-order valence-electron chi connectivity index (χ2n) is 5.53. The molecule has 2 aromatic heterocycles. The molecule has 7 heteroatoms. The molecule has 0 aliphatic carbocycles. The van der Waals surface area contributed by atoms with E-state index in [4.69, 9.17) is 4.74 Å². The van der Waals surface area contributed by atoms with Crippen LogP contribution in [0, 0.1) is 13.8 Å². The lowest BCUT2D eigenvalue weighted by molar-refractivity contribution is 0.0505. The van der Waals surface area contributed by atoms with E-state index in [1.807, 2.05) is 19.1 Å². The van der Waals surface area contributed by atoms with Crippen molar-refractivity contribution < 1.29 is 9.53 Å². The van der Waals surface area contributed by atoms with Crippen LogP contribution in [0.1, 0.15) is 34.1 Å². The second kappa shape index (κ2) is 8.27. The van der Waals surface area contributed by atoms with Gasteiger partial charge in [0.15, 0.2) is 0 Å². The smallest absolute Gasteiger partial charge is 0.338 e. The van der Waals surface area contributed by atoms with Crippen molar-refractivity contribution in [3.63, 3.8) is 0 Å². The Balaban J connectivity index is 0.00000225. The van der Waals surface area contributed by atoms with E-state index in [1.54, 1.807) is 29.8 Å². The molecule has 0 saturated carbocycles. The highest BCUT2D eigenvalue weighted by Crippen LogP contribution is 2.33. The summed E-state index contributed by atoms with van der Waals surface area (Å²) in [6.45, 7) is 6.55. The highest BCUT2D eigenvalue weighted by Gasteiger charge is 2.13. The molecule has 132 valence electrons. The van der Waals surface area contributed by atoms with E-state index >= 15 is 0 Å². The minimum Gasteiger partial charge on any atom is -0.462 e. The Hall–Kier alpha value is -2.18. The van der Waals surface area contributed by atoms with Gasteiger partial charge in [0, 0.05) is 10.6 Å². The molecule has 0 spiro atoms. The fourth-order valence-electron chi connectivity index (χ4n) is 2.42. The zero-order chi connectivity index (χ0) is 17.1. The Morgan fingerprint density at radius 2 is 2.08 bits per heavy atom. The number of hydrogen-bond donors (Lipinski definition) is 1. The predicted octanol–water partition coefficient (Wildman–Crippen LogP) is 5.04. The normalized spacial score (nSPS) is 10.4. The maximum atomic E-state index is 12.0. The van der Waals surface area contributed by atoms with Crippen LogP contribution in [0.4, 0.5) is 11.5 Å². The van der Waals surface area contributed by atoms with E-state index < -0.39 is 0 Å². The Kier molecular flexibility index (Phi) is 6.33. The molecule has 2 heterocycles. The number of benzene rings is 1. The Morgan fingerprint density at radius 3 is 2.84 bits per heavy atom. The average molecular weight is 378 g/mol. The Labute approximate surface area is 156 Å². The van der Waals surface area contributed by atoms with Crippen molar-refractivity contribution in [2.45, 2.75) is 27.2 Å². The quantitative estimate of drug-likeness (QED) is 0.631. The van der Waals surface area contributed by atoms with Gasteiger partial charge in [0.1, 0.15) is 17.0 Å². The molecular formula is C18H20ClN3O2S. The van der Waals surface area contributed by atoms with Gasteiger partial charge in [-0.1, -0.05) is 13.0 Å². The first-order valence-corrected chi connectivity index (χ1v) is 8.66. The molecule has 0 aliphatic rings. The van der Waals surface area contributed by atoms with Gasteiger partial charge in [0.25, 0.3) is 0 Å². The molecule has 1 aromatic carbocycles. The maximum absolute atomic E-state index is 12.0. The number of nitrogens with zero attached hydrogens (tertiary/aromatic N) is 2. The van der Waals surface area contributed by atoms with Crippen LogP contribution in [0.25, 0.3) is 10.2 Å². The van der Waals surface area contributed by atoms with Crippen molar-refractivity contribution in [3.8, 4) is 0 Å². The van der Waals surface area contributed by atoms with Crippen molar-refractivity contribution in [2.75, 3.05) is 11.9 Å². The summed E-state index contributed by atoms with van der Waals surface area (Å²) in [4.78, 5) is 22.9. The van der Waals surface area contributed by atoms with Gasteiger partial charge in [-0.05, 0) is 44.0 Å². The lowest BCUT2D eigenvalue weighted by atomic mass is 10.2. The first-order chi connectivity index (χ1) is 11.6.